The van der Waals surface area contributed by atoms with Gasteiger partial charge in [-0.05, 0) is 24.5 Å². The van der Waals surface area contributed by atoms with Crippen LogP contribution >= 0.6 is 11.8 Å². The molecule has 116 valence electrons. The Balaban J connectivity index is 2.46. The average Bonchev–Trinajstić information content (AvgIpc) is 2.51. The standard InChI is InChI=1S/C14H14FN3O3S/c1-18-12(19)7-11(13(17-18)14(20)21-2)16-10-5-4-8(22-3)6-9(10)15/h4-7,16H,1-3H3. The number of halogens is 1. The van der Waals surface area contributed by atoms with Crippen molar-refractivity contribution in [1.29, 1.82) is 0 Å². The normalized spacial score (nSPS) is 10.4. The molecule has 0 saturated carbocycles. The van der Waals surface area contributed by atoms with Crippen LogP contribution in [0.3, 0.4) is 0 Å². The number of hydrogen-bond donors (Lipinski definition) is 1. The smallest absolute Gasteiger partial charge is 0.360 e. The Kier molecular flexibility index (Phi) is 4.81. The number of nitrogens with one attached hydrogen (secondary N) is 1. The Morgan fingerprint density at radius 3 is 2.68 bits per heavy atom. The summed E-state index contributed by atoms with van der Waals surface area (Å²) in [6.45, 7) is 0. The molecule has 2 aromatic rings. The third-order valence-electron chi connectivity index (χ3n) is 2.92. The fraction of sp³-hybridized carbons (Fsp3) is 0.214. The zero-order chi connectivity index (χ0) is 16.3. The molecule has 1 aromatic heterocycles. The summed E-state index contributed by atoms with van der Waals surface area (Å²) in [6.07, 6.45) is 1.84. The molecule has 1 aromatic carbocycles. The number of esters is 1. The van der Waals surface area contributed by atoms with Crippen molar-refractivity contribution in [3.8, 4) is 0 Å². The lowest BCUT2D eigenvalue weighted by Crippen LogP contribution is -2.23. The highest BCUT2D eigenvalue weighted by molar-refractivity contribution is 7.98. The molecular formula is C14H14FN3O3S. The minimum atomic E-state index is -0.723. The van der Waals surface area contributed by atoms with Crippen molar-refractivity contribution in [1.82, 2.24) is 9.78 Å². The van der Waals surface area contributed by atoms with Crippen molar-refractivity contribution in [2.24, 2.45) is 7.05 Å². The number of ether oxygens (including phenoxy) is 1. The molecule has 0 fully saturated rings. The third kappa shape index (κ3) is 3.28. The molecule has 0 amide bonds. The van der Waals surface area contributed by atoms with Gasteiger partial charge < -0.3 is 10.1 Å². The molecule has 0 spiro atoms. The van der Waals surface area contributed by atoms with E-state index in [0.717, 1.165) is 9.58 Å². The predicted octanol–water partition coefficient (Wildman–Crippen LogP) is 2.17. The van der Waals surface area contributed by atoms with Crippen molar-refractivity contribution in [3.63, 3.8) is 0 Å². The first-order valence-electron chi connectivity index (χ1n) is 6.23. The van der Waals surface area contributed by atoms with E-state index in [0.29, 0.717) is 0 Å². The fourth-order valence-corrected chi connectivity index (χ4v) is 2.18. The maximum Gasteiger partial charge on any atom is 0.360 e. The number of hydrogen-bond acceptors (Lipinski definition) is 6. The first kappa shape index (κ1) is 16.0. The summed E-state index contributed by atoms with van der Waals surface area (Å²) in [5.41, 5.74) is -0.307. The number of nitrogens with zero attached hydrogens (tertiary/aromatic N) is 2. The Morgan fingerprint density at radius 1 is 1.36 bits per heavy atom. The van der Waals surface area contributed by atoms with Crippen molar-refractivity contribution in [2.45, 2.75) is 4.90 Å². The van der Waals surface area contributed by atoms with Gasteiger partial charge in [-0.15, -0.1) is 11.8 Å². The molecule has 6 nitrogen and oxygen atoms in total. The number of anilines is 2. The molecule has 0 saturated heterocycles. The first-order valence-corrected chi connectivity index (χ1v) is 7.46. The summed E-state index contributed by atoms with van der Waals surface area (Å²) < 4.78 is 19.6. The summed E-state index contributed by atoms with van der Waals surface area (Å²) in [6, 6.07) is 5.78. The second-order valence-electron chi connectivity index (χ2n) is 4.33. The molecule has 0 aliphatic heterocycles. The average molecular weight is 323 g/mol. The van der Waals surface area contributed by atoms with Gasteiger partial charge in [0.05, 0.1) is 18.5 Å². The zero-order valence-corrected chi connectivity index (χ0v) is 13.0. The van der Waals surface area contributed by atoms with Crippen molar-refractivity contribution >= 4 is 29.1 Å². The van der Waals surface area contributed by atoms with Crippen LogP contribution in [0.4, 0.5) is 15.8 Å². The van der Waals surface area contributed by atoms with E-state index >= 15 is 0 Å². The van der Waals surface area contributed by atoms with Gasteiger partial charge in [-0.25, -0.2) is 13.9 Å². The first-order chi connectivity index (χ1) is 10.5. The van der Waals surface area contributed by atoms with E-state index in [1.54, 1.807) is 6.07 Å². The molecular weight excluding hydrogens is 309 g/mol. The number of carbonyl (C=O) groups is 1. The number of aryl methyl sites for hydroxylation is 1. The van der Waals surface area contributed by atoms with Gasteiger partial charge in [-0.3, -0.25) is 4.79 Å². The largest absolute Gasteiger partial charge is 0.464 e. The van der Waals surface area contributed by atoms with E-state index in [4.69, 9.17) is 0 Å². The van der Waals surface area contributed by atoms with Crippen molar-refractivity contribution < 1.29 is 13.9 Å². The highest BCUT2D eigenvalue weighted by Crippen LogP contribution is 2.25. The molecule has 8 heteroatoms. The quantitative estimate of drug-likeness (QED) is 0.687. The minimum absolute atomic E-state index is 0.0887. The number of aromatic nitrogens is 2. The second kappa shape index (κ2) is 6.61. The number of carbonyl (C=O) groups excluding carboxylic acids is 1. The summed E-state index contributed by atoms with van der Waals surface area (Å²) in [4.78, 5) is 24.2. The van der Waals surface area contributed by atoms with Gasteiger partial charge in [-0.2, -0.15) is 5.10 Å². The van der Waals surface area contributed by atoms with E-state index in [-0.39, 0.29) is 17.1 Å². The molecule has 0 aliphatic carbocycles. The lowest BCUT2D eigenvalue weighted by molar-refractivity contribution is 0.0592. The zero-order valence-electron chi connectivity index (χ0n) is 12.2. The van der Waals surface area contributed by atoms with E-state index in [1.807, 2.05) is 6.26 Å². The molecule has 0 unspecified atom stereocenters. The lowest BCUT2D eigenvalue weighted by atomic mass is 10.2. The van der Waals surface area contributed by atoms with Crippen molar-refractivity contribution in [2.75, 3.05) is 18.7 Å². The monoisotopic (exact) mass is 323 g/mol. The van der Waals surface area contributed by atoms with Crippen LogP contribution in [0.15, 0.2) is 34.0 Å². The molecule has 2 rings (SSSR count). The van der Waals surface area contributed by atoms with Crippen molar-refractivity contribution in [3.05, 3.63) is 46.1 Å². The number of methoxy groups -OCH3 is 1. The van der Waals surface area contributed by atoms with Crippen LogP contribution in [0.5, 0.6) is 0 Å². The molecule has 0 aliphatic rings. The number of benzene rings is 1. The van der Waals surface area contributed by atoms with Crippen LogP contribution < -0.4 is 10.9 Å². The molecule has 0 bridgehead atoms. The minimum Gasteiger partial charge on any atom is -0.464 e. The Labute approximate surface area is 130 Å². The Morgan fingerprint density at radius 2 is 2.09 bits per heavy atom. The summed E-state index contributed by atoms with van der Waals surface area (Å²) in [7, 11) is 2.61. The summed E-state index contributed by atoms with van der Waals surface area (Å²) >= 11 is 1.41. The second-order valence-corrected chi connectivity index (χ2v) is 5.21. The van der Waals surface area contributed by atoms with Gasteiger partial charge in [0.25, 0.3) is 5.56 Å². The fourth-order valence-electron chi connectivity index (χ4n) is 1.75. The topological polar surface area (TPSA) is 73.2 Å². The number of thioether (sulfide) groups is 1. The Bertz CT molecular complexity index is 776. The van der Waals surface area contributed by atoms with Gasteiger partial charge in [0, 0.05) is 18.0 Å². The van der Waals surface area contributed by atoms with Gasteiger partial charge in [-0.1, -0.05) is 0 Å². The highest BCUT2D eigenvalue weighted by atomic mass is 32.2. The molecule has 0 atom stereocenters. The van der Waals surface area contributed by atoms with Gasteiger partial charge in [0.1, 0.15) is 5.82 Å². The molecule has 1 N–H and O–H groups in total. The molecule has 22 heavy (non-hydrogen) atoms. The van der Waals surface area contributed by atoms with E-state index in [1.165, 1.54) is 44.1 Å². The van der Waals surface area contributed by atoms with Crippen LogP contribution in [-0.4, -0.2) is 29.1 Å². The number of rotatable bonds is 4. The van der Waals surface area contributed by atoms with Gasteiger partial charge in [0.15, 0.2) is 5.69 Å². The maximum atomic E-state index is 14.0. The third-order valence-corrected chi connectivity index (χ3v) is 3.64. The van der Waals surface area contributed by atoms with Crippen LogP contribution in [0.1, 0.15) is 10.5 Å². The highest BCUT2D eigenvalue weighted by Gasteiger charge is 2.17. The van der Waals surface area contributed by atoms with Crippen LogP contribution in [0.25, 0.3) is 0 Å². The molecule has 0 radical (unpaired) electrons. The summed E-state index contributed by atoms with van der Waals surface area (Å²) in [5, 5.41) is 6.56. The van der Waals surface area contributed by atoms with Gasteiger partial charge >= 0.3 is 5.97 Å². The van der Waals surface area contributed by atoms with E-state index in [9.17, 15) is 14.0 Å². The van der Waals surface area contributed by atoms with Crippen LogP contribution in [-0.2, 0) is 11.8 Å². The maximum absolute atomic E-state index is 14.0. The summed E-state index contributed by atoms with van der Waals surface area (Å²) in [5.74, 6) is -1.22. The Hall–Kier alpha value is -2.35. The SMILES string of the molecule is COC(=O)c1nn(C)c(=O)cc1Nc1ccc(SC)cc1F. The lowest BCUT2D eigenvalue weighted by Gasteiger charge is -2.12. The van der Waals surface area contributed by atoms with Crippen LogP contribution in [0.2, 0.25) is 0 Å². The predicted molar refractivity (Wildman–Crippen MR) is 82.3 cm³/mol. The van der Waals surface area contributed by atoms with E-state index in [2.05, 4.69) is 15.2 Å². The van der Waals surface area contributed by atoms with E-state index < -0.39 is 17.3 Å². The van der Waals surface area contributed by atoms with Gasteiger partial charge in [0.2, 0.25) is 0 Å². The van der Waals surface area contributed by atoms with Crippen LogP contribution in [0, 0.1) is 5.82 Å². The molecule has 1 heterocycles.